The fraction of sp³-hybridized carbons (Fsp3) is 0.484. The Morgan fingerprint density at radius 1 is 0.783 bits per heavy atom. The van der Waals surface area contributed by atoms with Gasteiger partial charge < -0.3 is 33.4 Å². The molecule has 0 unspecified atom stereocenters. The minimum absolute atomic E-state index is 0.393. The topological polar surface area (TPSA) is 136 Å². The fourth-order valence-corrected chi connectivity index (χ4v) is 10.1. The van der Waals surface area contributed by atoms with Crippen LogP contribution in [0.1, 0.15) is 41.5 Å². The first kappa shape index (κ1) is 37.6. The van der Waals surface area contributed by atoms with Crippen LogP contribution in [-0.2, 0) is 42.5 Å². The second kappa shape index (κ2) is 15.8. The van der Waals surface area contributed by atoms with Crippen molar-refractivity contribution in [2.24, 2.45) is 0 Å². The molecule has 1 aliphatic rings. The Labute approximate surface area is 284 Å². The number of halogens is 3. The monoisotopic (exact) mass is 717 g/mol. The number of hydrogen-bond acceptors (Lipinski definition) is 10. The van der Waals surface area contributed by atoms with E-state index in [9.17, 15) is 19.2 Å². The van der Waals surface area contributed by atoms with E-state index in [1.54, 1.807) is 0 Å². The van der Waals surface area contributed by atoms with Crippen LogP contribution in [0.3, 0.4) is 0 Å². The number of ether oxygens (including phenoxy) is 5. The molecular formula is C31H38Cl3NO10Si. The summed E-state index contributed by atoms with van der Waals surface area (Å²) < 4.78 is 33.3. The summed E-state index contributed by atoms with van der Waals surface area (Å²) in [5.74, 6) is -2.14. The van der Waals surface area contributed by atoms with Crippen LogP contribution in [0.25, 0.3) is 0 Å². The second-order valence-electron chi connectivity index (χ2n) is 11.6. The highest BCUT2D eigenvalue weighted by Crippen LogP contribution is 2.40. The highest BCUT2D eigenvalue weighted by atomic mass is 35.6. The lowest BCUT2D eigenvalue weighted by Crippen LogP contribution is -2.73. The lowest BCUT2D eigenvalue weighted by atomic mass is 9.96. The van der Waals surface area contributed by atoms with E-state index in [1.165, 1.54) is 6.92 Å². The van der Waals surface area contributed by atoms with Crippen LogP contribution in [-0.4, -0.2) is 80.0 Å². The van der Waals surface area contributed by atoms with E-state index in [-0.39, 0.29) is 0 Å². The minimum Gasteiger partial charge on any atom is -0.463 e. The van der Waals surface area contributed by atoms with Gasteiger partial charge in [0.05, 0.1) is 0 Å². The number of rotatable bonds is 10. The molecule has 0 saturated carbocycles. The molecule has 0 bridgehead atoms. The summed E-state index contributed by atoms with van der Waals surface area (Å²) in [7, 11) is -3.41. The standard InChI is InChI=1S/C31H38Cl3NO10Si/c1-19(36)40-17-24-26(42-20(2)37)27(43-21(3)38)25(35-29(39)41-18-31(32,33)34)28(44-24)45-46(30(4,5)6,22-13-9-7-10-14-22)23-15-11-8-12-16-23/h7-16,24-28H,17-18H2,1-6H3,(H,35,39)/t24-,25-,26-,27-,28-/m1/s1. The Balaban J connectivity index is 2.25. The summed E-state index contributed by atoms with van der Waals surface area (Å²) in [5, 5.41) is 3.81. The third-order valence-corrected chi connectivity index (χ3v) is 12.4. The summed E-state index contributed by atoms with van der Waals surface area (Å²) >= 11 is 17.4. The maximum absolute atomic E-state index is 13.1. The zero-order valence-electron chi connectivity index (χ0n) is 26.3. The smallest absolute Gasteiger partial charge is 0.407 e. The van der Waals surface area contributed by atoms with Crippen LogP contribution in [0.4, 0.5) is 4.79 Å². The van der Waals surface area contributed by atoms with E-state index in [0.29, 0.717) is 0 Å². The van der Waals surface area contributed by atoms with E-state index >= 15 is 0 Å². The predicted molar refractivity (Wildman–Crippen MR) is 174 cm³/mol. The van der Waals surface area contributed by atoms with Gasteiger partial charge in [0.2, 0.25) is 3.79 Å². The van der Waals surface area contributed by atoms with Crippen LogP contribution in [0.5, 0.6) is 0 Å². The fourth-order valence-electron chi connectivity index (χ4n) is 5.35. The first-order valence-electron chi connectivity index (χ1n) is 14.4. The largest absolute Gasteiger partial charge is 0.463 e. The summed E-state index contributed by atoms with van der Waals surface area (Å²) in [4.78, 5) is 49.7. The van der Waals surface area contributed by atoms with Gasteiger partial charge >= 0.3 is 24.0 Å². The highest BCUT2D eigenvalue weighted by molar-refractivity contribution is 6.99. The molecule has 1 aliphatic heterocycles. The molecule has 252 valence electrons. The summed E-state index contributed by atoms with van der Waals surface area (Å²) in [6.07, 6.45) is -6.38. The second-order valence-corrected chi connectivity index (χ2v) is 18.4. The molecule has 0 radical (unpaired) electrons. The first-order valence-corrected chi connectivity index (χ1v) is 17.4. The van der Waals surface area contributed by atoms with Gasteiger partial charge in [0.15, 0.2) is 18.5 Å². The molecular weight excluding hydrogens is 681 g/mol. The zero-order chi connectivity index (χ0) is 34.3. The van der Waals surface area contributed by atoms with Crippen molar-refractivity contribution in [1.29, 1.82) is 0 Å². The molecule has 0 spiro atoms. The molecule has 5 atom stereocenters. The molecule has 0 aliphatic carbocycles. The van der Waals surface area contributed by atoms with Gasteiger partial charge in [-0.25, -0.2) is 4.79 Å². The van der Waals surface area contributed by atoms with Crippen molar-refractivity contribution < 1.29 is 47.3 Å². The van der Waals surface area contributed by atoms with E-state index in [2.05, 4.69) is 5.32 Å². The number of benzene rings is 2. The van der Waals surface area contributed by atoms with Gasteiger partial charge in [-0.2, -0.15) is 0 Å². The molecule has 1 fully saturated rings. The zero-order valence-corrected chi connectivity index (χ0v) is 29.6. The van der Waals surface area contributed by atoms with Crippen LogP contribution in [0, 0.1) is 0 Å². The van der Waals surface area contributed by atoms with Crippen molar-refractivity contribution in [3.63, 3.8) is 0 Å². The number of amides is 1. The molecule has 0 aromatic heterocycles. The van der Waals surface area contributed by atoms with Crippen molar-refractivity contribution >= 4 is 77.5 Å². The van der Waals surface area contributed by atoms with Crippen LogP contribution >= 0.6 is 34.8 Å². The van der Waals surface area contributed by atoms with Gasteiger partial charge in [0.1, 0.15) is 25.4 Å². The number of carbonyl (C=O) groups is 4. The van der Waals surface area contributed by atoms with Crippen molar-refractivity contribution in [3.05, 3.63) is 60.7 Å². The number of alkyl halides is 3. The molecule has 11 nitrogen and oxygen atoms in total. The average molecular weight is 719 g/mol. The number of alkyl carbamates (subject to hydrolysis) is 1. The lowest BCUT2D eigenvalue weighted by molar-refractivity contribution is -0.258. The van der Waals surface area contributed by atoms with Crippen molar-refractivity contribution in [2.45, 2.75) is 81.0 Å². The Morgan fingerprint density at radius 2 is 1.28 bits per heavy atom. The van der Waals surface area contributed by atoms with E-state index < -0.39 is 85.0 Å². The molecule has 1 saturated heterocycles. The molecule has 1 N–H and O–H groups in total. The third kappa shape index (κ3) is 9.82. The molecule has 1 amide bonds. The van der Waals surface area contributed by atoms with Crippen molar-refractivity contribution in [2.75, 3.05) is 13.2 Å². The van der Waals surface area contributed by atoms with Gasteiger partial charge in [0.25, 0.3) is 8.32 Å². The molecule has 2 aromatic carbocycles. The number of nitrogens with one attached hydrogen (secondary N) is 1. The quantitative estimate of drug-likeness (QED) is 0.165. The van der Waals surface area contributed by atoms with Crippen molar-refractivity contribution in [1.82, 2.24) is 5.32 Å². The number of carbonyl (C=O) groups excluding carboxylic acids is 4. The Hall–Kier alpha value is -2.87. The minimum atomic E-state index is -3.41. The Bertz CT molecular complexity index is 1310. The third-order valence-electron chi connectivity index (χ3n) is 7.06. The van der Waals surface area contributed by atoms with Gasteiger partial charge in [0, 0.05) is 20.8 Å². The van der Waals surface area contributed by atoms with Crippen molar-refractivity contribution in [3.8, 4) is 0 Å². The predicted octanol–water partition coefficient (Wildman–Crippen LogP) is 4.18. The molecule has 2 aromatic rings. The van der Waals surface area contributed by atoms with Gasteiger partial charge in [-0.05, 0) is 15.4 Å². The maximum atomic E-state index is 13.1. The molecule has 46 heavy (non-hydrogen) atoms. The Morgan fingerprint density at radius 3 is 1.72 bits per heavy atom. The lowest BCUT2D eigenvalue weighted by Gasteiger charge is -2.50. The van der Waals surface area contributed by atoms with Crippen LogP contribution in [0.15, 0.2) is 60.7 Å². The van der Waals surface area contributed by atoms with Gasteiger partial charge in [-0.1, -0.05) is 116 Å². The highest BCUT2D eigenvalue weighted by Gasteiger charge is 2.58. The first-order chi connectivity index (χ1) is 21.4. The SMILES string of the molecule is CC(=O)OC[C@H]1O[C@H](O[Si](c2ccccc2)(c2ccccc2)C(C)(C)C)[C@H](NC(=O)OCC(Cl)(Cl)Cl)[C@@H](OC(C)=O)[C@@H]1OC(C)=O. The van der Waals surface area contributed by atoms with E-state index in [4.69, 9.17) is 62.9 Å². The summed E-state index contributed by atoms with van der Waals surface area (Å²) in [5.41, 5.74) is 0. The van der Waals surface area contributed by atoms with Gasteiger partial charge in [-0.3, -0.25) is 14.4 Å². The number of esters is 3. The molecule has 15 heteroatoms. The average Bonchev–Trinajstić information content (AvgIpc) is 2.96. The number of hydrogen-bond donors (Lipinski definition) is 1. The van der Waals surface area contributed by atoms with Crippen LogP contribution < -0.4 is 15.7 Å². The molecule has 1 heterocycles. The maximum Gasteiger partial charge on any atom is 0.407 e. The van der Waals surface area contributed by atoms with Gasteiger partial charge in [-0.15, -0.1) is 0 Å². The van der Waals surface area contributed by atoms with E-state index in [0.717, 1.165) is 24.2 Å². The molecule has 3 rings (SSSR count). The summed E-state index contributed by atoms with van der Waals surface area (Å²) in [6.45, 7) is 8.58. The normalized spacial score (nSPS) is 21.9. The van der Waals surface area contributed by atoms with E-state index in [1.807, 2.05) is 81.4 Å². The van der Waals surface area contributed by atoms with Crippen LogP contribution in [0.2, 0.25) is 5.04 Å². The Kier molecular flexibility index (Phi) is 12.9. The summed E-state index contributed by atoms with van der Waals surface area (Å²) in [6, 6.07) is 17.8.